The summed E-state index contributed by atoms with van der Waals surface area (Å²) < 4.78 is 0. The molecule has 16 heavy (non-hydrogen) atoms. The molecular formula is C11H10N4O. The molecule has 2 N–H and O–H groups in total. The predicted octanol–water partition coefficient (Wildman–Crippen LogP) is 0.755. The van der Waals surface area contributed by atoms with Gasteiger partial charge in [-0.2, -0.15) is 15.8 Å². The van der Waals surface area contributed by atoms with Crippen LogP contribution in [0.5, 0.6) is 0 Å². The van der Waals surface area contributed by atoms with Crippen LogP contribution in [0.15, 0.2) is 11.3 Å². The molecule has 1 atom stereocenters. The van der Waals surface area contributed by atoms with Crippen molar-refractivity contribution in [2.45, 2.75) is 20.3 Å². The van der Waals surface area contributed by atoms with Crippen LogP contribution in [0, 0.1) is 44.8 Å². The van der Waals surface area contributed by atoms with Crippen LogP contribution >= 0.6 is 0 Å². The Hall–Kier alpha value is -2.32. The van der Waals surface area contributed by atoms with Crippen molar-refractivity contribution < 1.29 is 4.79 Å². The zero-order valence-corrected chi connectivity index (χ0v) is 9.03. The number of allylic oxidation sites excluding steroid dienone is 2. The standard InChI is InChI=1S/C11H10N4O/c1-7(16)10(2)4-11(5-13,6-14)8(3-12)9(10)15/h4,15H2,1-2H3/t10-/m1/s1. The fraction of sp³-hybridized carbons (Fsp3) is 0.455. The van der Waals surface area contributed by atoms with E-state index in [2.05, 4.69) is 0 Å². The van der Waals surface area contributed by atoms with E-state index < -0.39 is 10.8 Å². The van der Waals surface area contributed by atoms with Crippen molar-refractivity contribution in [2.24, 2.45) is 16.6 Å². The third kappa shape index (κ3) is 1.17. The number of Topliss-reactive ketones (excluding diaryl/α,β-unsaturated/α-hetero) is 1. The zero-order valence-electron chi connectivity index (χ0n) is 9.03. The number of carbonyl (C=O) groups is 1. The highest BCUT2D eigenvalue weighted by Gasteiger charge is 2.54. The van der Waals surface area contributed by atoms with Crippen molar-refractivity contribution in [3.05, 3.63) is 11.3 Å². The Morgan fingerprint density at radius 3 is 2.12 bits per heavy atom. The normalized spacial score (nSPS) is 26.7. The van der Waals surface area contributed by atoms with E-state index >= 15 is 0 Å². The van der Waals surface area contributed by atoms with Gasteiger partial charge in [-0.15, -0.1) is 0 Å². The Bertz CT molecular complexity index is 498. The van der Waals surface area contributed by atoms with Crippen molar-refractivity contribution in [1.29, 1.82) is 15.8 Å². The first-order valence-electron chi connectivity index (χ1n) is 4.62. The fourth-order valence-electron chi connectivity index (χ4n) is 1.91. The molecular weight excluding hydrogens is 204 g/mol. The van der Waals surface area contributed by atoms with E-state index in [1.165, 1.54) is 6.92 Å². The minimum atomic E-state index is -1.58. The predicted molar refractivity (Wildman–Crippen MR) is 53.9 cm³/mol. The number of hydrogen-bond acceptors (Lipinski definition) is 5. The van der Waals surface area contributed by atoms with E-state index in [-0.39, 0.29) is 23.5 Å². The maximum absolute atomic E-state index is 11.5. The smallest absolute Gasteiger partial charge is 0.181 e. The first-order chi connectivity index (χ1) is 7.38. The highest BCUT2D eigenvalue weighted by molar-refractivity contribution is 5.87. The second-order valence-corrected chi connectivity index (χ2v) is 4.09. The van der Waals surface area contributed by atoms with Gasteiger partial charge in [0, 0.05) is 12.1 Å². The molecule has 0 radical (unpaired) electrons. The van der Waals surface area contributed by atoms with Gasteiger partial charge in [-0.05, 0) is 13.8 Å². The molecule has 0 aromatic heterocycles. The van der Waals surface area contributed by atoms with E-state index in [0.29, 0.717) is 0 Å². The SMILES string of the molecule is CC(=O)[C@@]1(C)CC(C#N)(C#N)C(C#N)=C1N. The van der Waals surface area contributed by atoms with Crippen LogP contribution < -0.4 is 5.73 Å². The lowest BCUT2D eigenvalue weighted by molar-refractivity contribution is -0.124. The van der Waals surface area contributed by atoms with Gasteiger partial charge in [0.1, 0.15) is 5.78 Å². The highest BCUT2D eigenvalue weighted by atomic mass is 16.1. The van der Waals surface area contributed by atoms with Crippen molar-refractivity contribution in [1.82, 2.24) is 0 Å². The molecule has 0 aromatic rings. The number of nitriles is 3. The topological polar surface area (TPSA) is 114 Å². The van der Waals surface area contributed by atoms with E-state index in [1.54, 1.807) is 25.1 Å². The average Bonchev–Trinajstić information content (AvgIpc) is 2.49. The fourth-order valence-corrected chi connectivity index (χ4v) is 1.91. The second-order valence-electron chi connectivity index (χ2n) is 4.09. The molecule has 1 aliphatic carbocycles. The molecule has 80 valence electrons. The Kier molecular flexibility index (Phi) is 2.47. The molecule has 0 unspecified atom stereocenters. The minimum Gasteiger partial charge on any atom is -0.400 e. The molecule has 0 aliphatic heterocycles. The summed E-state index contributed by atoms with van der Waals surface area (Å²) >= 11 is 0. The molecule has 0 bridgehead atoms. The van der Waals surface area contributed by atoms with Gasteiger partial charge in [0.2, 0.25) is 0 Å². The molecule has 0 heterocycles. The first-order valence-corrected chi connectivity index (χ1v) is 4.62. The number of ketones is 1. The third-order valence-electron chi connectivity index (χ3n) is 3.18. The summed E-state index contributed by atoms with van der Waals surface area (Å²) in [6.45, 7) is 2.89. The van der Waals surface area contributed by atoms with Crippen molar-refractivity contribution in [2.75, 3.05) is 0 Å². The largest absolute Gasteiger partial charge is 0.400 e. The molecule has 0 fully saturated rings. The maximum atomic E-state index is 11.5. The molecule has 1 rings (SSSR count). The van der Waals surface area contributed by atoms with Crippen molar-refractivity contribution in [3.8, 4) is 18.2 Å². The monoisotopic (exact) mass is 214 g/mol. The maximum Gasteiger partial charge on any atom is 0.181 e. The Balaban J connectivity index is 3.53. The van der Waals surface area contributed by atoms with Gasteiger partial charge in [0.25, 0.3) is 0 Å². The number of rotatable bonds is 1. The van der Waals surface area contributed by atoms with Crippen LogP contribution in [-0.4, -0.2) is 5.78 Å². The molecule has 0 aromatic carbocycles. The number of hydrogen-bond donors (Lipinski definition) is 1. The van der Waals surface area contributed by atoms with Crippen molar-refractivity contribution >= 4 is 5.78 Å². The van der Waals surface area contributed by atoms with Gasteiger partial charge in [-0.3, -0.25) is 4.79 Å². The van der Waals surface area contributed by atoms with Crippen molar-refractivity contribution in [3.63, 3.8) is 0 Å². The molecule has 0 spiro atoms. The summed E-state index contributed by atoms with van der Waals surface area (Å²) in [4.78, 5) is 11.5. The minimum absolute atomic E-state index is 0.0446. The zero-order chi connectivity index (χ0) is 12.6. The van der Waals surface area contributed by atoms with Crippen LogP contribution in [0.25, 0.3) is 0 Å². The van der Waals surface area contributed by atoms with Gasteiger partial charge in [-0.25, -0.2) is 0 Å². The highest BCUT2D eigenvalue weighted by Crippen LogP contribution is 2.51. The lowest BCUT2D eigenvalue weighted by atomic mass is 9.76. The van der Waals surface area contributed by atoms with Gasteiger partial charge in [-0.1, -0.05) is 0 Å². The Labute approximate surface area is 93.4 Å². The molecule has 0 saturated heterocycles. The summed E-state index contributed by atoms with van der Waals surface area (Å²) in [5.41, 5.74) is 3.02. The summed E-state index contributed by atoms with van der Waals surface area (Å²) in [6.07, 6.45) is -0.0446. The van der Waals surface area contributed by atoms with Gasteiger partial charge in [0.05, 0.1) is 29.2 Å². The molecule has 5 heteroatoms. The Morgan fingerprint density at radius 2 is 1.88 bits per heavy atom. The lowest BCUT2D eigenvalue weighted by Crippen LogP contribution is -2.30. The summed E-state index contributed by atoms with van der Waals surface area (Å²) in [6, 6.07) is 5.36. The lowest BCUT2D eigenvalue weighted by Gasteiger charge is -2.22. The Morgan fingerprint density at radius 1 is 1.38 bits per heavy atom. The summed E-state index contributed by atoms with van der Waals surface area (Å²) in [5.74, 6) is -0.245. The molecule has 0 saturated carbocycles. The number of carbonyl (C=O) groups excluding carboxylic acids is 1. The molecule has 0 amide bonds. The van der Waals surface area contributed by atoms with Crippen LogP contribution in [0.1, 0.15) is 20.3 Å². The van der Waals surface area contributed by atoms with Crippen LogP contribution in [0.4, 0.5) is 0 Å². The molecule has 1 aliphatic rings. The van der Waals surface area contributed by atoms with Gasteiger partial charge in [0.15, 0.2) is 5.41 Å². The van der Waals surface area contributed by atoms with E-state index in [0.717, 1.165) is 0 Å². The van der Waals surface area contributed by atoms with E-state index in [1.807, 2.05) is 0 Å². The van der Waals surface area contributed by atoms with Crippen LogP contribution in [-0.2, 0) is 4.79 Å². The first kappa shape index (κ1) is 11.8. The summed E-state index contributed by atoms with van der Waals surface area (Å²) in [7, 11) is 0. The van der Waals surface area contributed by atoms with Crippen LogP contribution in [0.2, 0.25) is 0 Å². The van der Waals surface area contributed by atoms with Crippen LogP contribution in [0.3, 0.4) is 0 Å². The number of nitrogens with zero attached hydrogens (tertiary/aromatic N) is 3. The van der Waals surface area contributed by atoms with E-state index in [9.17, 15) is 4.79 Å². The van der Waals surface area contributed by atoms with Gasteiger partial charge < -0.3 is 5.73 Å². The second kappa shape index (κ2) is 3.36. The quantitative estimate of drug-likeness (QED) is 0.691. The number of nitrogens with two attached hydrogens (primary N) is 1. The summed E-state index contributed by atoms with van der Waals surface area (Å²) in [5, 5.41) is 27.0. The third-order valence-corrected chi connectivity index (χ3v) is 3.18. The average molecular weight is 214 g/mol. The molecule has 5 nitrogen and oxygen atoms in total. The van der Waals surface area contributed by atoms with E-state index in [4.69, 9.17) is 21.5 Å². The van der Waals surface area contributed by atoms with Gasteiger partial charge >= 0.3 is 0 Å².